The molecular formula is C63H126O15. The Morgan fingerprint density at radius 1 is 0.256 bits per heavy atom. The van der Waals surface area contributed by atoms with Crippen molar-refractivity contribution in [1.82, 2.24) is 0 Å². The van der Waals surface area contributed by atoms with Gasteiger partial charge in [-0.15, -0.1) is 0 Å². The second-order valence-electron chi connectivity index (χ2n) is 20.2. The standard InChI is InChI=1S/3C18H34O2.3C3H8O3/c3*1-2-3-4-5-6-7-8-9-10-11-12-13-14-15-16-17-18(19)20;3*4-1-3(6)2-5/h3*9-10H,2-8,11-17H2,1H3,(H,19,20);3*3-6H,1-2H2. The highest BCUT2D eigenvalue weighted by atomic mass is 16.4. The normalized spacial score (nSPS) is 11.0. The zero-order valence-corrected chi connectivity index (χ0v) is 50.2. The Labute approximate surface area is 476 Å². The van der Waals surface area contributed by atoms with Gasteiger partial charge in [0.05, 0.1) is 39.6 Å². The van der Waals surface area contributed by atoms with Crippen LogP contribution >= 0.6 is 0 Å². The molecule has 0 aromatic rings. The van der Waals surface area contributed by atoms with E-state index in [1.165, 1.54) is 212 Å². The molecule has 0 aliphatic rings. The summed E-state index contributed by atoms with van der Waals surface area (Å²) in [6, 6.07) is 0. The second-order valence-corrected chi connectivity index (χ2v) is 20.2. The average Bonchev–Trinajstić information content (AvgIpc) is 3.43. The molecule has 0 aliphatic carbocycles. The number of aliphatic hydroxyl groups excluding tert-OH is 9. The van der Waals surface area contributed by atoms with Gasteiger partial charge in [0.1, 0.15) is 18.3 Å². The van der Waals surface area contributed by atoms with Gasteiger partial charge in [-0.05, 0) is 96.3 Å². The molecular weight excluding hydrogens is 997 g/mol. The Balaban J connectivity index is -0.000000214. The van der Waals surface area contributed by atoms with Crippen LogP contribution in [0, 0.1) is 0 Å². The number of unbranched alkanes of at least 4 members (excludes halogenated alkanes) is 33. The Hall–Kier alpha value is -2.73. The number of carbonyl (C=O) groups is 3. The van der Waals surface area contributed by atoms with E-state index in [-0.39, 0.29) is 39.6 Å². The largest absolute Gasteiger partial charge is 0.481 e. The van der Waals surface area contributed by atoms with Gasteiger partial charge in [-0.25, -0.2) is 0 Å². The van der Waals surface area contributed by atoms with Crippen molar-refractivity contribution in [3.8, 4) is 0 Å². The van der Waals surface area contributed by atoms with E-state index in [0.717, 1.165) is 38.5 Å². The molecule has 0 heterocycles. The summed E-state index contributed by atoms with van der Waals surface area (Å²) >= 11 is 0. The van der Waals surface area contributed by atoms with Gasteiger partial charge < -0.3 is 61.3 Å². The van der Waals surface area contributed by atoms with Gasteiger partial charge in [0, 0.05) is 19.3 Å². The third-order valence-electron chi connectivity index (χ3n) is 12.2. The van der Waals surface area contributed by atoms with Crippen molar-refractivity contribution >= 4 is 17.9 Å². The highest BCUT2D eigenvalue weighted by molar-refractivity contribution is 5.67. The van der Waals surface area contributed by atoms with Crippen molar-refractivity contribution in [2.45, 2.75) is 309 Å². The Kier molecular flexibility index (Phi) is 92.2. The van der Waals surface area contributed by atoms with Crippen molar-refractivity contribution < 1.29 is 75.7 Å². The number of carboxylic acid groups (broad SMARTS) is 3. The summed E-state index contributed by atoms with van der Waals surface area (Å²) in [6.07, 6.45) is 60.9. The zero-order valence-electron chi connectivity index (χ0n) is 50.2. The van der Waals surface area contributed by atoms with Crippen LogP contribution in [0.15, 0.2) is 36.5 Å². The molecule has 0 rings (SSSR count). The highest BCUT2D eigenvalue weighted by Gasteiger charge is 2.00. The molecule has 0 aromatic heterocycles. The van der Waals surface area contributed by atoms with E-state index in [9.17, 15) is 14.4 Å². The van der Waals surface area contributed by atoms with Gasteiger partial charge in [0.2, 0.25) is 0 Å². The molecule has 0 unspecified atom stereocenters. The van der Waals surface area contributed by atoms with E-state index in [1.54, 1.807) is 0 Å². The van der Waals surface area contributed by atoms with E-state index < -0.39 is 36.2 Å². The van der Waals surface area contributed by atoms with Crippen LogP contribution in [-0.2, 0) is 14.4 Å². The number of aliphatic carboxylic acids is 3. The van der Waals surface area contributed by atoms with Gasteiger partial charge >= 0.3 is 17.9 Å². The minimum absolute atomic E-state index is 0.332. The van der Waals surface area contributed by atoms with Crippen LogP contribution in [0.1, 0.15) is 290 Å². The number of aliphatic hydroxyl groups is 9. The zero-order chi connectivity index (χ0) is 59.6. The predicted molar refractivity (Wildman–Crippen MR) is 322 cm³/mol. The van der Waals surface area contributed by atoms with Gasteiger partial charge in [-0.3, -0.25) is 14.4 Å². The highest BCUT2D eigenvalue weighted by Crippen LogP contribution is 2.13. The maximum absolute atomic E-state index is 10.3. The van der Waals surface area contributed by atoms with Crippen molar-refractivity contribution in [3.05, 3.63) is 36.5 Å². The maximum Gasteiger partial charge on any atom is 0.303 e. The van der Waals surface area contributed by atoms with Crippen LogP contribution in [0.4, 0.5) is 0 Å². The summed E-state index contributed by atoms with van der Waals surface area (Å²) in [6.45, 7) is 4.59. The SMILES string of the molecule is CCCCCCCCC=CCCCCCCCC(=O)O.CCCCCCCCC=CCCCCCCCC(=O)O.CCCCCCCCC=CCCCCCCCC(=O)O.OCC(O)CO.OCC(O)CO.OCC(O)CO. The number of allylic oxidation sites excluding steroid dienone is 6. The van der Waals surface area contributed by atoms with Crippen LogP contribution in [0.2, 0.25) is 0 Å². The fraction of sp³-hybridized carbons (Fsp3) is 0.857. The Morgan fingerprint density at radius 3 is 0.526 bits per heavy atom. The van der Waals surface area contributed by atoms with E-state index >= 15 is 0 Å². The molecule has 15 heteroatoms. The third-order valence-corrected chi connectivity index (χ3v) is 12.2. The van der Waals surface area contributed by atoms with Crippen molar-refractivity contribution in [3.63, 3.8) is 0 Å². The molecule has 0 bridgehead atoms. The molecule has 0 atom stereocenters. The lowest BCUT2D eigenvalue weighted by molar-refractivity contribution is -0.138. The van der Waals surface area contributed by atoms with Gasteiger partial charge in [0.15, 0.2) is 0 Å². The maximum atomic E-state index is 10.3. The molecule has 12 N–H and O–H groups in total. The topological polar surface area (TPSA) is 294 Å². The minimum atomic E-state index is -0.954. The minimum Gasteiger partial charge on any atom is -0.481 e. The molecule has 78 heavy (non-hydrogen) atoms. The van der Waals surface area contributed by atoms with Crippen molar-refractivity contribution in [1.29, 1.82) is 0 Å². The third kappa shape index (κ3) is 105. The number of carboxylic acids is 3. The molecule has 0 saturated heterocycles. The van der Waals surface area contributed by atoms with E-state index in [4.69, 9.17) is 61.3 Å². The van der Waals surface area contributed by atoms with Crippen LogP contribution < -0.4 is 0 Å². The van der Waals surface area contributed by atoms with E-state index in [1.807, 2.05) is 0 Å². The van der Waals surface area contributed by atoms with Crippen LogP contribution in [0.5, 0.6) is 0 Å². The molecule has 468 valence electrons. The molecule has 0 spiro atoms. The number of hydrogen-bond acceptors (Lipinski definition) is 12. The Bertz CT molecular complexity index is 1040. The van der Waals surface area contributed by atoms with Crippen molar-refractivity contribution in [2.24, 2.45) is 0 Å². The van der Waals surface area contributed by atoms with Crippen LogP contribution in [0.25, 0.3) is 0 Å². The summed E-state index contributed by atoms with van der Waals surface area (Å²) in [5.74, 6) is -1.99. The van der Waals surface area contributed by atoms with Gasteiger partial charge in [-0.1, -0.05) is 211 Å². The van der Waals surface area contributed by atoms with Gasteiger partial charge in [0.25, 0.3) is 0 Å². The average molecular weight is 1120 g/mol. The summed E-state index contributed by atoms with van der Waals surface area (Å²) in [5, 5.41) is 97.6. The quantitative estimate of drug-likeness (QED) is 0.0199. The fourth-order valence-corrected chi connectivity index (χ4v) is 7.21. The van der Waals surface area contributed by atoms with E-state index in [2.05, 4.69) is 57.2 Å². The Morgan fingerprint density at radius 2 is 0.397 bits per heavy atom. The van der Waals surface area contributed by atoms with Crippen LogP contribution in [-0.4, -0.2) is 137 Å². The lowest BCUT2D eigenvalue weighted by Gasteiger charge is -1.99. The summed E-state index contributed by atoms with van der Waals surface area (Å²) in [5.41, 5.74) is 0. The van der Waals surface area contributed by atoms with Gasteiger partial charge in [-0.2, -0.15) is 0 Å². The molecule has 0 saturated carbocycles. The first-order valence-electron chi connectivity index (χ1n) is 31.0. The van der Waals surface area contributed by atoms with Crippen LogP contribution in [0.3, 0.4) is 0 Å². The van der Waals surface area contributed by atoms with Crippen molar-refractivity contribution in [2.75, 3.05) is 39.6 Å². The molecule has 0 fully saturated rings. The molecule has 0 amide bonds. The second kappa shape index (κ2) is 83.1. The van der Waals surface area contributed by atoms with E-state index in [0.29, 0.717) is 19.3 Å². The lowest BCUT2D eigenvalue weighted by Crippen LogP contribution is -2.15. The first-order chi connectivity index (χ1) is 37.7. The molecule has 0 aliphatic heterocycles. The lowest BCUT2D eigenvalue weighted by atomic mass is 10.1. The molecule has 0 aromatic carbocycles. The number of hydrogen-bond donors (Lipinski definition) is 12. The predicted octanol–water partition coefficient (Wildman–Crippen LogP) is 13.3. The first kappa shape index (κ1) is 86.5. The monoisotopic (exact) mass is 1120 g/mol. The molecule has 15 nitrogen and oxygen atoms in total. The molecule has 0 radical (unpaired) electrons. The summed E-state index contributed by atoms with van der Waals surface area (Å²) in [4.78, 5) is 31.0. The first-order valence-corrected chi connectivity index (χ1v) is 31.0. The summed E-state index contributed by atoms with van der Waals surface area (Å²) in [7, 11) is 0. The fourth-order valence-electron chi connectivity index (χ4n) is 7.21. The smallest absolute Gasteiger partial charge is 0.303 e. The summed E-state index contributed by atoms with van der Waals surface area (Å²) < 4.78 is 0. The number of rotatable bonds is 51.